The van der Waals surface area contributed by atoms with Gasteiger partial charge in [0.2, 0.25) is 0 Å². The molecule has 2 amide bonds. The number of hydrogen-bond acceptors (Lipinski definition) is 7. The Bertz CT molecular complexity index is 1640. The van der Waals surface area contributed by atoms with Crippen molar-refractivity contribution in [2.24, 2.45) is 0 Å². The number of piperidine rings is 1. The van der Waals surface area contributed by atoms with Crippen molar-refractivity contribution >= 4 is 39.7 Å². The van der Waals surface area contributed by atoms with E-state index in [0.717, 1.165) is 35.4 Å². The number of benzene rings is 2. The molecule has 6 rings (SSSR count). The second kappa shape index (κ2) is 11.8. The first kappa shape index (κ1) is 28.9. The summed E-state index contributed by atoms with van der Waals surface area (Å²) in [5.41, 5.74) is 1.26. The molecule has 224 valence electrons. The van der Waals surface area contributed by atoms with E-state index < -0.39 is 11.7 Å². The maximum atomic E-state index is 13.3. The lowest BCUT2D eigenvalue weighted by atomic mass is 9.97. The van der Waals surface area contributed by atoms with Gasteiger partial charge >= 0.3 is 6.18 Å². The van der Waals surface area contributed by atoms with Gasteiger partial charge in [-0.25, -0.2) is 9.97 Å². The summed E-state index contributed by atoms with van der Waals surface area (Å²) in [6, 6.07) is 14.5. The predicted molar refractivity (Wildman–Crippen MR) is 158 cm³/mol. The Hall–Kier alpha value is -4.19. The number of methoxy groups -OCH3 is 1. The van der Waals surface area contributed by atoms with Crippen molar-refractivity contribution in [1.82, 2.24) is 19.8 Å². The molecule has 0 radical (unpaired) electrons. The fourth-order valence-corrected chi connectivity index (χ4v) is 6.66. The Labute approximate surface area is 250 Å². The molecule has 0 bridgehead atoms. The summed E-state index contributed by atoms with van der Waals surface area (Å²) in [6.07, 6.45) is -2.94. The van der Waals surface area contributed by atoms with Crippen LogP contribution in [0.5, 0.6) is 5.75 Å². The number of amides is 2. The molecule has 2 aliphatic rings. The van der Waals surface area contributed by atoms with Crippen LogP contribution in [0.15, 0.2) is 60.0 Å². The fraction of sp³-hybridized carbons (Fsp3) is 0.355. The van der Waals surface area contributed by atoms with Crippen LogP contribution in [-0.2, 0) is 6.18 Å². The van der Waals surface area contributed by atoms with E-state index in [9.17, 15) is 22.8 Å². The number of likely N-dealkylation sites (tertiary alicyclic amines) is 1. The van der Waals surface area contributed by atoms with Gasteiger partial charge in [-0.05, 0) is 43.2 Å². The average Bonchev–Trinajstić information content (AvgIpc) is 3.54. The molecule has 43 heavy (non-hydrogen) atoms. The normalized spacial score (nSPS) is 16.5. The summed E-state index contributed by atoms with van der Waals surface area (Å²) in [7, 11) is 1.58. The lowest BCUT2D eigenvalue weighted by Gasteiger charge is -2.36. The quantitative estimate of drug-likeness (QED) is 0.289. The van der Waals surface area contributed by atoms with Gasteiger partial charge in [0.05, 0.1) is 23.2 Å². The third-order valence-corrected chi connectivity index (χ3v) is 9.10. The molecule has 0 unspecified atom stereocenters. The summed E-state index contributed by atoms with van der Waals surface area (Å²) in [6.45, 7) is 2.79. The van der Waals surface area contributed by atoms with Crippen LogP contribution in [0.4, 0.5) is 18.9 Å². The van der Waals surface area contributed by atoms with Gasteiger partial charge in [0.25, 0.3) is 11.8 Å². The zero-order valence-electron chi connectivity index (χ0n) is 23.5. The van der Waals surface area contributed by atoms with Crippen molar-refractivity contribution in [2.75, 3.05) is 51.3 Å². The lowest BCUT2D eigenvalue weighted by Crippen LogP contribution is -2.49. The molecule has 4 heterocycles. The van der Waals surface area contributed by atoms with E-state index in [1.54, 1.807) is 34.4 Å². The van der Waals surface area contributed by atoms with Crippen LogP contribution in [0.3, 0.4) is 0 Å². The number of carbonyl (C=O) groups is 2. The zero-order valence-corrected chi connectivity index (χ0v) is 24.3. The first-order valence-electron chi connectivity index (χ1n) is 14.1. The van der Waals surface area contributed by atoms with Crippen LogP contribution in [0, 0.1) is 0 Å². The minimum absolute atomic E-state index is 0.137. The Morgan fingerprint density at radius 2 is 1.56 bits per heavy atom. The molecule has 2 aliphatic heterocycles. The van der Waals surface area contributed by atoms with Crippen LogP contribution in [0.1, 0.15) is 50.3 Å². The van der Waals surface area contributed by atoms with Crippen LogP contribution in [0.2, 0.25) is 0 Å². The number of piperazine rings is 1. The highest BCUT2D eigenvalue weighted by Gasteiger charge is 2.32. The molecule has 2 saturated heterocycles. The third-order valence-electron chi connectivity index (χ3n) is 8.10. The zero-order chi connectivity index (χ0) is 30.1. The second-order valence-electron chi connectivity index (χ2n) is 10.7. The maximum absolute atomic E-state index is 13.3. The number of nitrogens with zero attached hydrogens (tertiary/aromatic N) is 5. The Morgan fingerprint density at radius 1 is 0.860 bits per heavy atom. The Balaban J connectivity index is 1.04. The molecule has 12 heteroatoms. The highest BCUT2D eigenvalue weighted by atomic mass is 32.1. The van der Waals surface area contributed by atoms with Crippen molar-refractivity contribution in [3.63, 3.8) is 0 Å². The predicted octanol–water partition coefficient (Wildman–Crippen LogP) is 5.70. The maximum Gasteiger partial charge on any atom is 0.416 e. The minimum atomic E-state index is -4.40. The summed E-state index contributed by atoms with van der Waals surface area (Å²) in [5, 5.41) is 3.51. The lowest BCUT2D eigenvalue weighted by molar-refractivity contribution is -0.137. The van der Waals surface area contributed by atoms with E-state index in [1.807, 2.05) is 29.2 Å². The first-order valence-corrected chi connectivity index (χ1v) is 15.0. The molecule has 2 aromatic heterocycles. The molecule has 2 aromatic carbocycles. The van der Waals surface area contributed by atoms with Gasteiger partial charge in [0.15, 0.2) is 0 Å². The molecule has 8 nitrogen and oxygen atoms in total. The van der Waals surface area contributed by atoms with Crippen LogP contribution in [-0.4, -0.2) is 78.0 Å². The smallest absolute Gasteiger partial charge is 0.416 e. The number of thiazole rings is 1. The number of alkyl halides is 3. The van der Waals surface area contributed by atoms with Gasteiger partial charge in [-0.2, -0.15) is 13.2 Å². The number of pyridine rings is 1. The van der Waals surface area contributed by atoms with Gasteiger partial charge in [-0.3, -0.25) is 9.59 Å². The van der Waals surface area contributed by atoms with Crippen LogP contribution >= 0.6 is 11.3 Å². The van der Waals surface area contributed by atoms with E-state index in [4.69, 9.17) is 4.74 Å². The van der Waals surface area contributed by atoms with E-state index in [2.05, 4.69) is 9.97 Å². The molecule has 0 atom stereocenters. The molecule has 0 saturated carbocycles. The van der Waals surface area contributed by atoms with Gasteiger partial charge in [-0.15, -0.1) is 11.3 Å². The number of hydrogen-bond donors (Lipinski definition) is 0. The van der Waals surface area contributed by atoms with E-state index in [1.165, 1.54) is 17.4 Å². The van der Waals surface area contributed by atoms with Gasteiger partial charge in [0, 0.05) is 67.7 Å². The third kappa shape index (κ3) is 6.01. The standard InChI is InChI=1S/C31H30F3N5O3S/c1-42-27-18-25(35-24-8-3-2-7-23(24)27)29(40)38-11-9-20(10-12-38)28-36-26(19-43-28)30(41)39-15-13-37(14-16-39)22-6-4-5-21(17-22)31(32,33)34/h2-8,17-20H,9-16H2,1H3. The average molecular weight is 610 g/mol. The summed E-state index contributed by atoms with van der Waals surface area (Å²) in [4.78, 5) is 41.1. The van der Waals surface area contributed by atoms with Crippen LogP contribution in [0.25, 0.3) is 10.9 Å². The number of halogens is 3. The second-order valence-corrected chi connectivity index (χ2v) is 11.6. The topological polar surface area (TPSA) is 78.9 Å². The number of ether oxygens (including phenoxy) is 1. The van der Waals surface area contributed by atoms with Crippen LogP contribution < -0.4 is 9.64 Å². The monoisotopic (exact) mass is 609 g/mol. The summed E-state index contributed by atoms with van der Waals surface area (Å²) < 4.78 is 44.9. The van der Waals surface area contributed by atoms with E-state index in [-0.39, 0.29) is 17.7 Å². The number of aromatic nitrogens is 2. The van der Waals surface area contributed by atoms with Crippen molar-refractivity contribution in [3.8, 4) is 5.75 Å². The summed E-state index contributed by atoms with van der Waals surface area (Å²) >= 11 is 1.45. The number of fused-ring (bicyclic) bond motifs is 1. The molecule has 0 N–H and O–H groups in total. The van der Waals surface area contributed by atoms with E-state index in [0.29, 0.717) is 67.6 Å². The summed E-state index contributed by atoms with van der Waals surface area (Å²) in [5.74, 6) is 0.449. The molecule has 0 aliphatic carbocycles. The van der Waals surface area contributed by atoms with Crippen molar-refractivity contribution in [1.29, 1.82) is 0 Å². The molecule has 2 fully saturated rings. The largest absolute Gasteiger partial charge is 0.496 e. The fourth-order valence-electron chi connectivity index (χ4n) is 5.70. The number of anilines is 1. The minimum Gasteiger partial charge on any atom is -0.496 e. The highest BCUT2D eigenvalue weighted by molar-refractivity contribution is 7.09. The molecular formula is C31H30F3N5O3S. The van der Waals surface area contributed by atoms with Gasteiger partial charge in [-0.1, -0.05) is 18.2 Å². The van der Waals surface area contributed by atoms with Crippen molar-refractivity contribution in [3.05, 3.63) is 81.9 Å². The highest BCUT2D eigenvalue weighted by Crippen LogP contribution is 2.34. The SMILES string of the molecule is COc1cc(C(=O)N2CCC(c3nc(C(=O)N4CCN(c5cccc(C(F)(F)F)c5)CC4)cs3)CC2)nc2ccccc12. The number of para-hydroxylation sites is 1. The van der Waals surface area contributed by atoms with Gasteiger partial charge < -0.3 is 19.4 Å². The van der Waals surface area contributed by atoms with E-state index >= 15 is 0 Å². The van der Waals surface area contributed by atoms with Crippen molar-refractivity contribution in [2.45, 2.75) is 24.9 Å². The Morgan fingerprint density at radius 3 is 2.28 bits per heavy atom. The van der Waals surface area contributed by atoms with Crippen molar-refractivity contribution < 1.29 is 27.5 Å². The molecule has 0 spiro atoms. The first-order chi connectivity index (χ1) is 20.7. The van der Waals surface area contributed by atoms with Gasteiger partial charge in [0.1, 0.15) is 17.1 Å². The molecular weight excluding hydrogens is 579 g/mol. The number of rotatable bonds is 5. The molecule has 4 aromatic rings. The Kier molecular flexibility index (Phi) is 7.95. The number of carbonyl (C=O) groups excluding carboxylic acids is 2.